The van der Waals surface area contributed by atoms with Crippen LogP contribution in [0.1, 0.15) is 17.2 Å². The number of aryl methyl sites for hydroxylation is 1. The van der Waals surface area contributed by atoms with Gasteiger partial charge in [-0.3, -0.25) is 10.2 Å². The summed E-state index contributed by atoms with van der Waals surface area (Å²) in [5, 5.41) is 0. The standard InChI is InChI=1S/C15H15BrN2O2/c1-10-7-8-13(12(16)9-10)20-14(15(19)18-17)11-5-3-2-4-6-11/h2-9,14H,17H2,1H3,(H,18,19). The number of nitrogens with two attached hydrogens (primary N) is 1. The molecule has 5 heteroatoms. The molecule has 0 fully saturated rings. The van der Waals surface area contributed by atoms with Gasteiger partial charge in [-0.15, -0.1) is 0 Å². The number of hydrogen-bond donors (Lipinski definition) is 2. The quantitative estimate of drug-likeness (QED) is 0.513. The van der Waals surface area contributed by atoms with Crippen LogP contribution in [-0.4, -0.2) is 5.91 Å². The van der Waals surface area contributed by atoms with Gasteiger partial charge in [-0.1, -0.05) is 36.4 Å². The fraction of sp³-hybridized carbons (Fsp3) is 0.133. The van der Waals surface area contributed by atoms with Crippen LogP contribution in [0.4, 0.5) is 0 Å². The molecule has 2 aromatic rings. The molecule has 0 radical (unpaired) electrons. The molecule has 1 atom stereocenters. The third kappa shape index (κ3) is 3.37. The molecule has 3 N–H and O–H groups in total. The van der Waals surface area contributed by atoms with Crippen LogP contribution >= 0.6 is 15.9 Å². The zero-order valence-corrected chi connectivity index (χ0v) is 12.6. The number of ether oxygens (including phenoxy) is 1. The average molecular weight is 335 g/mol. The summed E-state index contributed by atoms with van der Waals surface area (Å²) in [7, 11) is 0. The second kappa shape index (κ2) is 6.54. The number of halogens is 1. The SMILES string of the molecule is Cc1ccc(OC(C(=O)NN)c2ccccc2)c(Br)c1. The monoisotopic (exact) mass is 334 g/mol. The van der Waals surface area contributed by atoms with Gasteiger partial charge in [-0.25, -0.2) is 5.84 Å². The van der Waals surface area contributed by atoms with E-state index in [0.29, 0.717) is 5.75 Å². The first-order valence-electron chi connectivity index (χ1n) is 6.10. The highest BCUT2D eigenvalue weighted by Crippen LogP contribution is 2.30. The predicted octanol–water partition coefficient (Wildman–Crippen LogP) is 2.87. The number of rotatable bonds is 4. The van der Waals surface area contributed by atoms with Crippen LogP contribution < -0.4 is 16.0 Å². The smallest absolute Gasteiger partial charge is 0.279 e. The summed E-state index contributed by atoms with van der Waals surface area (Å²) in [5.74, 6) is 5.43. The van der Waals surface area contributed by atoms with Crippen molar-refractivity contribution in [1.29, 1.82) is 0 Å². The van der Waals surface area contributed by atoms with Gasteiger partial charge >= 0.3 is 0 Å². The van der Waals surface area contributed by atoms with E-state index in [4.69, 9.17) is 10.6 Å². The van der Waals surface area contributed by atoms with Crippen molar-refractivity contribution in [3.8, 4) is 5.75 Å². The largest absolute Gasteiger partial charge is 0.475 e. The van der Waals surface area contributed by atoms with Gasteiger partial charge in [0.1, 0.15) is 5.75 Å². The lowest BCUT2D eigenvalue weighted by Crippen LogP contribution is -2.37. The summed E-state index contributed by atoms with van der Waals surface area (Å²) in [5.41, 5.74) is 3.97. The third-order valence-electron chi connectivity index (χ3n) is 2.81. The van der Waals surface area contributed by atoms with E-state index >= 15 is 0 Å². The van der Waals surface area contributed by atoms with Crippen LogP contribution in [0.25, 0.3) is 0 Å². The van der Waals surface area contributed by atoms with E-state index in [1.807, 2.05) is 55.5 Å². The van der Waals surface area contributed by atoms with Crippen LogP contribution in [-0.2, 0) is 4.79 Å². The van der Waals surface area contributed by atoms with Gasteiger partial charge in [0.25, 0.3) is 5.91 Å². The number of hydrazine groups is 1. The van der Waals surface area contributed by atoms with Gasteiger partial charge in [0.15, 0.2) is 0 Å². The molecule has 1 amide bonds. The number of hydrogen-bond acceptors (Lipinski definition) is 3. The van der Waals surface area contributed by atoms with Crippen molar-refractivity contribution in [2.45, 2.75) is 13.0 Å². The maximum atomic E-state index is 11.9. The third-order valence-corrected chi connectivity index (χ3v) is 3.43. The normalized spacial score (nSPS) is 11.8. The number of benzene rings is 2. The lowest BCUT2D eigenvalue weighted by molar-refractivity contribution is -0.128. The molecule has 20 heavy (non-hydrogen) atoms. The van der Waals surface area contributed by atoms with E-state index in [1.165, 1.54) is 0 Å². The van der Waals surface area contributed by atoms with Crippen molar-refractivity contribution in [1.82, 2.24) is 5.43 Å². The molecule has 104 valence electrons. The maximum absolute atomic E-state index is 11.9. The van der Waals surface area contributed by atoms with Gasteiger partial charge < -0.3 is 4.74 Å². The van der Waals surface area contributed by atoms with Crippen molar-refractivity contribution >= 4 is 21.8 Å². The molecule has 0 aliphatic heterocycles. The van der Waals surface area contributed by atoms with Gasteiger partial charge in [0.05, 0.1) is 4.47 Å². The Morgan fingerprint density at radius 2 is 1.95 bits per heavy atom. The highest BCUT2D eigenvalue weighted by molar-refractivity contribution is 9.10. The first-order valence-corrected chi connectivity index (χ1v) is 6.89. The van der Waals surface area contributed by atoms with Gasteiger partial charge in [-0.05, 0) is 40.5 Å². The lowest BCUT2D eigenvalue weighted by atomic mass is 10.1. The average Bonchev–Trinajstić information content (AvgIpc) is 2.46. The predicted molar refractivity (Wildman–Crippen MR) is 81.0 cm³/mol. The first-order chi connectivity index (χ1) is 9.61. The fourth-order valence-corrected chi connectivity index (χ4v) is 2.39. The van der Waals surface area contributed by atoms with E-state index in [9.17, 15) is 4.79 Å². The van der Waals surface area contributed by atoms with Crippen molar-refractivity contribution in [2.24, 2.45) is 5.84 Å². The van der Waals surface area contributed by atoms with Gasteiger partial charge in [0.2, 0.25) is 6.10 Å². The Balaban J connectivity index is 2.31. The molecule has 0 bridgehead atoms. The molecule has 2 aromatic carbocycles. The second-order valence-corrected chi connectivity index (χ2v) is 5.21. The maximum Gasteiger partial charge on any atom is 0.279 e. The number of nitrogens with one attached hydrogen (secondary N) is 1. The molecule has 0 aromatic heterocycles. The van der Waals surface area contributed by atoms with Crippen molar-refractivity contribution in [3.05, 3.63) is 64.1 Å². The van der Waals surface area contributed by atoms with E-state index < -0.39 is 12.0 Å². The molecular formula is C15H15BrN2O2. The molecule has 4 nitrogen and oxygen atoms in total. The Morgan fingerprint density at radius 3 is 2.55 bits per heavy atom. The minimum absolute atomic E-state index is 0.399. The topological polar surface area (TPSA) is 64.3 Å². The van der Waals surface area contributed by atoms with Crippen LogP contribution in [0, 0.1) is 6.92 Å². The van der Waals surface area contributed by atoms with Crippen molar-refractivity contribution in [3.63, 3.8) is 0 Å². The molecule has 0 aliphatic rings. The van der Waals surface area contributed by atoms with E-state index in [0.717, 1.165) is 15.6 Å². The zero-order chi connectivity index (χ0) is 14.5. The minimum atomic E-state index is -0.791. The number of carbonyl (C=O) groups is 1. The van der Waals surface area contributed by atoms with Crippen LogP contribution in [0.5, 0.6) is 5.75 Å². The second-order valence-electron chi connectivity index (χ2n) is 4.35. The molecule has 0 heterocycles. The van der Waals surface area contributed by atoms with Crippen LogP contribution in [0.3, 0.4) is 0 Å². The molecular weight excluding hydrogens is 320 g/mol. The van der Waals surface area contributed by atoms with Crippen LogP contribution in [0.2, 0.25) is 0 Å². The van der Waals surface area contributed by atoms with Crippen LogP contribution in [0.15, 0.2) is 53.0 Å². The van der Waals surface area contributed by atoms with Gasteiger partial charge in [-0.2, -0.15) is 0 Å². The highest BCUT2D eigenvalue weighted by Gasteiger charge is 2.22. The first kappa shape index (κ1) is 14.6. The summed E-state index contributed by atoms with van der Waals surface area (Å²) >= 11 is 3.43. The Kier molecular flexibility index (Phi) is 4.76. The molecule has 2 rings (SSSR count). The minimum Gasteiger partial charge on any atom is -0.475 e. The van der Waals surface area contributed by atoms with Crippen molar-refractivity contribution < 1.29 is 9.53 Å². The summed E-state index contributed by atoms with van der Waals surface area (Å²) in [6.07, 6.45) is -0.791. The van der Waals surface area contributed by atoms with E-state index in [2.05, 4.69) is 21.4 Å². The number of carbonyl (C=O) groups excluding carboxylic acids is 1. The Hall–Kier alpha value is -1.85. The fourth-order valence-electron chi connectivity index (χ4n) is 1.80. The summed E-state index contributed by atoms with van der Waals surface area (Å²) in [4.78, 5) is 11.9. The van der Waals surface area contributed by atoms with Crippen molar-refractivity contribution in [2.75, 3.05) is 0 Å². The lowest BCUT2D eigenvalue weighted by Gasteiger charge is -2.19. The summed E-state index contributed by atoms with van der Waals surface area (Å²) in [6.45, 7) is 1.98. The molecule has 0 saturated carbocycles. The zero-order valence-electron chi connectivity index (χ0n) is 11.0. The molecule has 0 aliphatic carbocycles. The Bertz CT molecular complexity index is 602. The molecule has 0 spiro atoms. The van der Waals surface area contributed by atoms with E-state index in [1.54, 1.807) is 0 Å². The van der Waals surface area contributed by atoms with Gasteiger partial charge in [0, 0.05) is 5.56 Å². The van der Waals surface area contributed by atoms with E-state index in [-0.39, 0.29) is 0 Å². The molecule has 1 unspecified atom stereocenters. The number of amides is 1. The Morgan fingerprint density at radius 1 is 1.25 bits per heavy atom. The summed E-state index contributed by atoms with van der Waals surface area (Å²) < 4.78 is 6.59. The Labute approximate surface area is 126 Å². The summed E-state index contributed by atoms with van der Waals surface area (Å²) in [6, 6.07) is 14.9. The highest BCUT2D eigenvalue weighted by atomic mass is 79.9. The molecule has 0 saturated heterocycles.